The number of benzene rings is 1. The Morgan fingerprint density at radius 3 is 2.64 bits per heavy atom. The SMILES string of the molecule is COCCN(CC(=O)Nc1cccc(C)c1C)C(=O)c1csc(NC(C)=O)n1. The highest BCUT2D eigenvalue weighted by Gasteiger charge is 2.22. The number of anilines is 2. The van der Waals surface area contributed by atoms with Gasteiger partial charge < -0.3 is 20.3 Å². The molecule has 1 aromatic heterocycles. The number of methoxy groups -OCH3 is 1. The van der Waals surface area contributed by atoms with E-state index in [0.717, 1.165) is 22.5 Å². The van der Waals surface area contributed by atoms with Crippen LogP contribution in [0.5, 0.6) is 0 Å². The molecule has 9 heteroatoms. The molecule has 0 fully saturated rings. The summed E-state index contributed by atoms with van der Waals surface area (Å²) in [4.78, 5) is 41.9. The van der Waals surface area contributed by atoms with Gasteiger partial charge in [-0.2, -0.15) is 0 Å². The lowest BCUT2D eigenvalue weighted by molar-refractivity contribution is -0.117. The Morgan fingerprint density at radius 1 is 1.21 bits per heavy atom. The van der Waals surface area contributed by atoms with Crippen LogP contribution in [0.1, 0.15) is 28.5 Å². The lowest BCUT2D eigenvalue weighted by atomic mass is 10.1. The normalized spacial score (nSPS) is 10.4. The van der Waals surface area contributed by atoms with E-state index in [1.54, 1.807) is 5.38 Å². The maximum absolute atomic E-state index is 12.8. The van der Waals surface area contributed by atoms with E-state index >= 15 is 0 Å². The van der Waals surface area contributed by atoms with Crippen molar-refractivity contribution in [1.29, 1.82) is 0 Å². The van der Waals surface area contributed by atoms with Gasteiger partial charge in [0.1, 0.15) is 12.2 Å². The van der Waals surface area contributed by atoms with Crippen molar-refractivity contribution < 1.29 is 19.1 Å². The summed E-state index contributed by atoms with van der Waals surface area (Å²) in [5, 5.41) is 7.28. The zero-order valence-electron chi connectivity index (χ0n) is 16.4. The highest BCUT2D eigenvalue weighted by molar-refractivity contribution is 7.14. The first kappa shape index (κ1) is 21.5. The molecular weight excluding hydrogens is 380 g/mol. The fourth-order valence-corrected chi connectivity index (χ4v) is 3.18. The van der Waals surface area contributed by atoms with E-state index in [2.05, 4.69) is 15.6 Å². The van der Waals surface area contributed by atoms with Crippen LogP contribution in [0.4, 0.5) is 10.8 Å². The maximum atomic E-state index is 12.8. The van der Waals surface area contributed by atoms with E-state index in [0.29, 0.717) is 10.8 Å². The van der Waals surface area contributed by atoms with Crippen LogP contribution < -0.4 is 10.6 Å². The van der Waals surface area contributed by atoms with Crippen molar-refractivity contribution in [1.82, 2.24) is 9.88 Å². The quantitative estimate of drug-likeness (QED) is 0.704. The van der Waals surface area contributed by atoms with Gasteiger partial charge in [0.2, 0.25) is 11.8 Å². The van der Waals surface area contributed by atoms with Crippen LogP contribution in [0.25, 0.3) is 0 Å². The summed E-state index contributed by atoms with van der Waals surface area (Å²) < 4.78 is 5.05. The number of amides is 3. The Labute approximate surface area is 167 Å². The number of aryl methyl sites for hydroxylation is 1. The summed E-state index contributed by atoms with van der Waals surface area (Å²) in [6.45, 7) is 5.65. The van der Waals surface area contributed by atoms with E-state index < -0.39 is 5.91 Å². The average molecular weight is 404 g/mol. The lowest BCUT2D eigenvalue weighted by Gasteiger charge is -2.21. The summed E-state index contributed by atoms with van der Waals surface area (Å²) in [5.41, 5.74) is 2.93. The molecule has 28 heavy (non-hydrogen) atoms. The summed E-state index contributed by atoms with van der Waals surface area (Å²) in [7, 11) is 1.52. The van der Waals surface area contributed by atoms with Crippen molar-refractivity contribution in [2.45, 2.75) is 20.8 Å². The van der Waals surface area contributed by atoms with Crippen LogP contribution >= 0.6 is 11.3 Å². The van der Waals surface area contributed by atoms with Crippen LogP contribution in [0.2, 0.25) is 0 Å². The molecule has 0 aliphatic carbocycles. The van der Waals surface area contributed by atoms with Crippen LogP contribution in [0, 0.1) is 13.8 Å². The first-order valence-electron chi connectivity index (χ1n) is 8.69. The molecule has 2 rings (SSSR count). The van der Waals surface area contributed by atoms with Crippen LogP contribution in [0.3, 0.4) is 0 Å². The second-order valence-corrected chi connectivity index (χ2v) is 7.09. The van der Waals surface area contributed by atoms with E-state index in [1.165, 1.54) is 18.9 Å². The van der Waals surface area contributed by atoms with Gasteiger partial charge in [0.15, 0.2) is 5.13 Å². The van der Waals surface area contributed by atoms with Gasteiger partial charge >= 0.3 is 0 Å². The zero-order chi connectivity index (χ0) is 20.7. The van der Waals surface area contributed by atoms with Crippen LogP contribution in [-0.2, 0) is 14.3 Å². The summed E-state index contributed by atoms with van der Waals surface area (Å²) in [6.07, 6.45) is 0. The van der Waals surface area contributed by atoms with E-state index in [1.807, 2.05) is 32.0 Å². The molecule has 0 aliphatic rings. The van der Waals surface area contributed by atoms with Crippen molar-refractivity contribution >= 4 is 39.9 Å². The molecule has 1 aromatic carbocycles. The van der Waals surface area contributed by atoms with E-state index in [4.69, 9.17) is 4.74 Å². The molecule has 0 atom stereocenters. The Morgan fingerprint density at radius 2 is 1.96 bits per heavy atom. The molecule has 2 N–H and O–H groups in total. The number of carbonyl (C=O) groups excluding carboxylic acids is 3. The maximum Gasteiger partial charge on any atom is 0.273 e. The number of carbonyl (C=O) groups is 3. The smallest absolute Gasteiger partial charge is 0.273 e. The molecule has 3 amide bonds. The molecule has 8 nitrogen and oxygen atoms in total. The first-order chi connectivity index (χ1) is 13.3. The minimum atomic E-state index is -0.402. The Hall–Kier alpha value is -2.78. The molecule has 0 radical (unpaired) electrons. The topological polar surface area (TPSA) is 101 Å². The summed E-state index contributed by atoms with van der Waals surface area (Å²) >= 11 is 1.15. The number of aromatic nitrogens is 1. The zero-order valence-corrected chi connectivity index (χ0v) is 17.2. The molecule has 0 saturated carbocycles. The molecule has 2 aromatic rings. The summed E-state index contributed by atoms with van der Waals surface area (Å²) in [5.74, 6) is -0.978. The number of nitrogens with one attached hydrogen (secondary N) is 2. The standard InChI is InChI=1S/C19H24N4O4S/c1-12-6-5-7-15(13(12)2)21-17(25)10-23(8-9-27-4)18(26)16-11-28-19(22-16)20-14(3)24/h5-7,11H,8-10H2,1-4H3,(H,21,25)(H,20,22,24). The number of rotatable bonds is 8. The van der Waals surface area contributed by atoms with Gasteiger partial charge in [0.25, 0.3) is 5.91 Å². The number of nitrogens with zero attached hydrogens (tertiary/aromatic N) is 2. The molecule has 0 aliphatic heterocycles. The van der Waals surface area contributed by atoms with Crippen molar-refractivity contribution in [3.8, 4) is 0 Å². The third-order valence-corrected chi connectivity index (χ3v) is 4.83. The van der Waals surface area contributed by atoms with Crippen molar-refractivity contribution in [3.05, 3.63) is 40.4 Å². The number of hydrogen-bond donors (Lipinski definition) is 2. The number of thiazole rings is 1. The highest BCUT2D eigenvalue weighted by Crippen LogP contribution is 2.19. The summed E-state index contributed by atoms with van der Waals surface area (Å²) in [6, 6.07) is 5.65. The Kier molecular flexibility index (Phi) is 7.65. The average Bonchev–Trinajstić information content (AvgIpc) is 3.09. The predicted octanol–water partition coefficient (Wildman–Crippen LogP) is 2.45. The largest absolute Gasteiger partial charge is 0.383 e. The third-order valence-electron chi connectivity index (χ3n) is 4.07. The molecule has 0 saturated heterocycles. The van der Waals surface area contributed by atoms with Gasteiger partial charge in [0, 0.05) is 31.6 Å². The second-order valence-electron chi connectivity index (χ2n) is 6.23. The lowest BCUT2D eigenvalue weighted by Crippen LogP contribution is -2.40. The second kappa shape index (κ2) is 9.95. The van der Waals surface area contributed by atoms with Gasteiger partial charge in [-0.05, 0) is 31.0 Å². The van der Waals surface area contributed by atoms with E-state index in [-0.39, 0.29) is 37.2 Å². The fraction of sp³-hybridized carbons (Fsp3) is 0.368. The first-order valence-corrected chi connectivity index (χ1v) is 9.57. The number of ether oxygens (including phenoxy) is 1. The van der Waals surface area contributed by atoms with Gasteiger partial charge in [-0.1, -0.05) is 12.1 Å². The fourth-order valence-electron chi connectivity index (χ4n) is 2.45. The van der Waals surface area contributed by atoms with Gasteiger partial charge in [-0.15, -0.1) is 11.3 Å². The monoisotopic (exact) mass is 404 g/mol. The molecular formula is C19H24N4O4S. The Balaban J connectivity index is 2.10. The van der Waals surface area contributed by atoms with Crippen molar-refractivity contribution in [2.24, 2.45) is 0 Å². The van der Waals surface area contributed by atoms with Crippen LogP contribution in [0.15, 0.2) is 23.6 Å². The molecule has 1 heterocycles. The molecule has 0 bridgehead atoms. The molecule has 0 spiro atoms. The van der Waals surface area contributed by atoms with E-state index in [9.17, 15) is 14.4 Å². The van der Waals surface area contributed by atoms with Gasteiger partial charge in [-0.3, -0.25) is 14.4 Å². The molecule has 150 valence electrons. The molecule has 0 unspecified atom stereocenters. The minimum Gasteiger partial charge on any atom is -0.383 e. The van der Waals surface area contributed by atoms with Crippen molar-refractivity contribution in [2.75, 3.05) is 37.4 Å². The van der Waals surface area contributed by atoms with Gasteiger partial charge in [-0.25, -0.2) is 4.98 Å². The van der Waals surface area contributed by atoms with Crippen LogP contribution in [-0.4, -0.2) is 54.4 Å². The van der Waals surface area contributed by atoms with Crippen molar-refractivity contribution in [3.63, 3.8) is 0 Å². The Bertz CT molecular complexity index is 865. The highest BCUT2D eigenvalue weighted by atomic mass is 32.1. The minimum absolute atomic E-state index is 0.136. The number of hydrogen-bond acceptors (Lipinski definition) is 6. The van der Waals surface area contributed by atoms with Gasteiger partial charge in [0.05, 0.1) is 6.61 Å². The predicted molar refractivity (Wildman–Crippen MR) is 109 cm³/mol. The third kappa shape index (κ3) is 5.86.